The predicted octanol–water partition coefficient (Wildman–Crippen LogP) is 3.54. The van der Waals surface area contributed by atoms with Crippen LogP contribution in [-0.2, 0) is 6.54 Å². The fraction of sp³-hybridized carbons (Fsp3) is 0.400. The number of nitrogens with zero attached hydrogens (tertiary/aromatic N) is 2. The molecule has 0 aliphatic carbocycles. The molecular formula is C20H29IN4O2. The number of methoxy groups -OCH3 is 1. The largest absolute Gasteiger partial charge is 0.497 e. The number of rotatable bonds is 8. The van der Waals surface area contributed by atoms with E-state index in [1.807, 2.05) is 63.2 Å². The van der Waals surface area contributed by atoms with Gasteiger partial charge in [-0.2, -0.15) is 0 Å². The summed E-state index contributed by atoms with van der Waals surface area (Å²) >= 11 is 0. The van der Waals surface area contributed by atoms with Crippen LogP contribution >= 0.6 is 24.0 Å². The summed E-state index contributed by atoms with van der Waals surface area (Å²) in [5.74, 6) is 2.31. The number of aryl methyl sites for hydroxylation is 1. The van der Waals surface area contributed by atoms with E-state index in [4.69, 9.17) is 9.47 Å². The molecule has 0 spiro atoms. The molecule has 1 atom stereocenters. The molecular weight excluding hydrogens is 455 g/mol. The number of aliphatic imine (C=N–C) groups is 1. The molecule has 1 aromatic carbocycles. The van der Waals surface area contributed by atoms with Gasteiger partial charge >= 0.3 is 0 Å². The van der Waals surface area contributed by atoms with E-state index in [-0.39, 0.29) is 30.1 Å². The van der Waals surface area contributed by atoms with Gasteiger partial charge in [-0.05, 0) is 45.0 Å². The molecule has 2 aromatic rings. The van der Waals surface area contributed by atoms with Crippen LogP contribution in [0, 0.1) is 6.92 Å². The van der Waals surface area contributed by atoms with Gasteiger partial charge < -0.3 is 20.1 Å². The van der Waals surface area contributed by atoms with Crippen molar-refractivity contribution in [1.29, 1.82) is 0 Å². The summed E-state index contributed by atoms with van der Waals surface area (Å²) in [7, 11) is 1.65. The number of nitrogens with one attached hydrogen (secondary N) is 2. The monoisotopic (exact) mass is 484 g/mol. The molecule has 0 saturated carbocycles. The number of ether oxygens (including phenoxy) is 2. The van der Waals surface area contributed by atoms with Crippen LogP contribution < -0.4 is 20.1 Å². The number of halogens is 1. The van der Waals surface area contributed by atoms with Crippen molar-refractivity contribution in [1.82, 2.24) is 15.6 Å². The zero-order valence-electron chi connectivity index (χ0n) is 16.4. The van der Waals surface area contributed by atoms with E-state index in [0.29, 0.717) is 13.1 Å². The van der Waals surface area contributed by atoms with Crippen molar-refractivity contribution in [2.75, 3.05) is 20.2 Å². The second kappa shape index (κ2) is 12.4. The Hall–Kier alpha value is -2.03. The third kappa shape index (κ3) is 8.47. The standard InChI is InChI=1S/C20H28N4O2.HI/c1-5-21-20(23-14-17-9-6-8-15(2)24-17)22-13-16(3)26-19-11-7-10-18(12-19)25-4;/h6-12,16H,5,13-14H2,1-4H3,(H2,21,22,23);1H. The van der Waals surface area contributed by atoms with Gasteiger partial charge in [-0.15, -0.1) is 24.0 Å². The average molecular weight is 484 g/mol. The Labute approximate surface area is 178 Å². The first-order valence-corrected chi connectivity index (χ1v) is 8.86. The minimum Gasteiger partial charge on any atom is -0.497 e. The molecule has 2 rings (SSSR count). The van der Waals surface area contributed by atoms with Crippen molar-refractivity contribution in [3.63, 3.8) is 0 Å². The summed E-state index contributed by atoms with van der Waals surface area (Å²) in [5, 5.41) is 6.55. The molecule has 0 aliphatic rings. The lowest BCUT2D eigenvalue weighted by atomic mass is 10.3. The van der Waals surface area contributed by atoms with E-state index >= 15 is 0 Å². The van der Waals surface area contributed by atoms with Gasteiger partial charge in [0.25, 0.3) is 0 Å². The van der Waals surface area contributed by atoms with Gasteiger partial charge in [0.15, 0.2) is 5.96 Å². The Balaban J connectivity index is 0.00000364. The number of hydrogen-bond acceptors (Lipinski definition) is 4. The second-order valence-corrected chi connectivity index (χ2v) is 5.95. The van der Waals surface area contributed by atoms with E-state index in [9.17, 15) is 0 Å². The highest BCUT2D eigenvalue weighted by atomic mass is 127. The zero-order chi connectivity index (χ0) is 18.8. The maximum atomic E-state index is 5.93. The number of hydrogen-bond donors (Lipinski definition) is 2. The minimum absolute atomic E-state index is 0. The molecule has 0 fully saturated rings. The van der Waals surface area contributed by atoms with E-state index in [0.717, 1.165) is 35.4 Å². The van der Waals surface area contributed by atoms with Crippen LogP contribution in [0.4, 0.5) is 0 Å². The highest BCUT2D eigenvalue weighted by Crippen LogP contribution is 2.19. The Morgan fingerprint density at radius 2 is 1.89 bits per heavy atom. The summed E-state index contributed by atoms with van der Waals surface area (Å²) in [6.45, 7) is 7.98. The van der Waals surface area contributed by atoms with Gasteiger partial charge in [-0.1, -0.05) is 12.1 Å². The van der Waals surface area contributed by atoms with Crippen LogP contribution in [0.5, 0.6) is 11.5 Å². The van der Waals surface area contributed by atoms with Crippen molar-refractivity contribution in [2.45, 2.75) is 33.4 Å². The Morgan fingerprint density at radius 1 is 1.15 bits per heavy atom. The topological polar surface area (TPSA) is 67.8 Å². The van der Waals surface area contributed by atoms with Crippen LogP contribution in [0.25, 0.3) is 0 Å². The maximum absolute atomic E-state index is 5.93. The number of pyridine rings is 1. The molecule has 1 heterocycles. The first kappa shape index (κ1) is 23.0. The molecule has 1 aromatic heterocycles. The molecule has 0 saturated heterocycles. The van der Waals surface area contributed by atoms with Gasteiger partial charge in [0.2, 0.25) is 0 Å². The summed E-state index contributed by atoms with van der Waals surface area (Å²) in [6.07, 6.45) is -0.0249. The minimum atomic E-state index is -0.0249. The van der Waals surface area contributed by atoms with Crippen molar-refractivity contribution < 1.29 is 9.47 Å². The first-order valence-electron chi connectivity index (χ1n) is 8.86. The van der Waals surface area contributed by atoms with Crippen molar-refractivity contribution in [3.8, 4) is 11.5 Å². The van der Waals surface area contributed by atoms with Gasteiger partial charge in [0.05, 0.1) is 25.9 Å². The molecule has 2 N–H and O–H groups in total. The maximum Gasteiger partial charge on any atom is 0.191 e. The van der Waals surface area contributed by atoms with E-state index in [1.165, 1.54) is 0 Å². The normalized spacial score (nSPS) is 11.9. The lowest BCUT2D eigenvalue weighted by Gasteiger charge is -2.18. The summed E-state index contributed by atoms with van der Waals surface area (Å²) in [5.41, 5.74) is 1.94. The number of guanidine groups is 1. The highest BCUT2D eigenvalue weighted by molar-refractivity contribution is 14.0. The van der Waals surface area contributed by atoms with Crippen molar-refractivity contribution >= 4 is 29.9 Å². The number of benzene rings is 1. The van der Waals surface area contributed by atoms with Crippen molar-refractivity contribution in [2.24, 2.45) is 4.99 Å². The van der Waals surface area contributed by atoms with Crippen LogP contribution in [0.3, 0.4) is 0 Å². The molecule has 148 valence electrons. The third-order valence-electron chi connectivity index (χ3n) is 3.62. The quantitative estimate of drug-likeness (QED) is 0.341. The predicted molar refractivity (Wildman–Crippen MR) is 120 cm³/mol. The Morgan fingerprint density at radius 3 is 2.59 bits per heavy atom. The van der Waals surface area contributed by atoms with Gasteiger partial charge in [-0.25, -0.2) is 4.99 Å². The van der Waals surface area contributed by atoms with Crippen molar-refractivity contribution in [3.05, 3.63) is 53.9 Å². The fourth-order valence-corrected chi connectivity index (χ4v) is 2.38. The fourth-order valence-electron chi connectivity index (χ4n) is 2.38. The van der Waals surface area contributed by atoms with Crippen LogP contribution in [-0.4, -0.2) is 37.2 Å². The number of aromatic nitrogens is 1. The second-order valence-electron chi connectivity index (χ2n) is 5.95. The van der Waals surface area contributed by atoms with Crippen LogP contribution in [0.2, 0.25) is 0 Å². The molecule has 0 bridgehead atoms. The Kier molecular flexibility index (Phi) is 10.5. The van der Waals surface area contributed by atoms with Gasteiger partial charge in [0.1, 0.15) is 17.6 Å². The smallest absolute Gasteiger partial charge is 0.191 e. The Bertz CT molecular complexity index is 725. The molecule has 1 unspecified atom stereocenters. The summed E-state index contributed by atoms with van der Waals surface area (Å²) < 4.78 is 11.1. The van der Waals surface area contributed by atoms with Crippen LogP contribution in [0.15, 0.2) is 47.5 Å². The van der Waals surface area contributed by atoms with E-state index < -0.39 is 0 Å². The van der Waals surface area contributed by atoms with E-state index in [2.05, 4.69) is 20.6 Å². The lowest BCUT2D eigenvalue weighted by Crippen LogP contribution is -2.41. The SMILES string of the molecule is CCNC(=NCc1cccc(C)n1)NCC(C)Oc1cccc(OC)c1.I. The van der Waals surface area contributed by atoms with Crippen LogP contribution in [0.1, 0.15) is 25.2 Å². The lowest BCUT2D eigenvalue weighted by molar-refractivity contribution is 0.223. The zero-order valence-corrected chi connectivity index (χ0v) is 18.7. The average Bonchev–Trinajstić information content (AvgIpc) is 2.64. The molecule has 0 radical (unpaired) electrons. The molecule has 7 heteroatoms. The summed E-state index contributed by atoms with van der Waals surface area (Å²) in [4.78, 5) is 9.06. The third-order valence-corrected chi connectivity index (χ3v) is 3.62. The molecule has 27 heavy (non-hydrogen) atoms. The van der Waals surface area contributed by atoms with Gasteiger partial charge in [-0.3, -0.25) is 4.98 Å². The molecule has 0 aliphatic heterocycles. The highest BCUT2D eigenvalue weighted by Gasteiger charge is 2.07. The van der Waals surface area contributed by atoms with E-state index in [1.54, 1.807) is 7.11 Å². The van der Waals surface area contributed by atoms with Gasteiger partial charge in [0, 0.05) is 18.3 Å². The first-order chi connectivity index (χ1) is 12.6. The molecule has 6 nitrogen and oxygen atoms in total. The molecule has 0 amide bonds. The summed E-state index contributed by atoms with van der Waals surface area (Å²) in [6, 6.07) is 13.6.